The van der Waals surface area contributed by atoms with Gasteiger partial charge in [0, 0.05) is 30.1 Å². The second-order valence-electron chi connectivity index (χ2n) is 10.0. The molecule has 1 aromatic carbocycles. The van der Waals surface area contributed by atoms with E-state index in [0.717, 1.165) is 20.3 Å². The molecule has 0 aliphatic carbocycles. The van der Waals surface area contributed by atoms with Gasteiger partial charge in [0.15, 0.2) is 0 Å². The maximum atomic E-state index is 12.7. The van der Waals surface area contributed by atoms with Crippen LogP contribution < -0.4 is 9.51 Å². The van der Waals surface area contributed by atoms with E-state index in [1.807, 2.05) is 68.2 Å². The minimum Gasteiger partial charge on any atom is -0.543 e. The van der Waals surface area contributed by atoms with Crippen LogP contribution >= 0.6 is 23.1 Å². The monoisotopic (exact) mass is 568 g/mol. The lowest BCUT2D eigenvalue weighted by molar-refractivity contribution is -0.508. The first-order valence-corrected chi connectivity index (χ1v) is 15.1. The van der Waals surface area contributed by atoms with Crippen LogP contribution in [0.1, 0.15) is 48.5 Å². The third-order valence-corrected chi connectivity index (χ3v) is 9.92. The molecule has 2 amide bonds. The van der Waals surface area contributed by atoms with Crippen molar-refractivity contribution in [3.8, 4) is 0 Å². The first-order chi connectivity index (χ1) is 18.6. The van der Waals surface area contributed by atoms with Crippen molar-refractivity contribution in [1.29, 1.82) is 0 Å². The number of nitrogens with zero attached hydrogens (tertiary/aromatic N) is 4. The summed E-state index contributed by atoms with van der Waals surface area (Å²) in [6.07, 6.45) is 5.03. The van der Waals surface area contributed by atoms with Crippen molar-refractivity contribution in [3.05, 3.63) is 58.5 Å². The fourth-order valence-corrected chi connectivity index (χ4v) is 8.08. The Labute approximate surface area is 235 Å². The number of carbonyl (C=O) groups is 3. The lowest BCUT2D eigenvalue weighted by Crippen LogP contribution is -2.64. The second kappa shape index (κ2) is 10.4. The highest BCUT2D eigenvalue weighted by Gasteiger charge is 2.59. The van der Waals surface area contributed by atoms with Gasteiger partial charge >= 0.3 is 0 Å². The van der Waals surface area contributed by atoms with Crippen LogP contribution in [0.15, 0.2) is 47.5 Å². The molecule has 11 heteroatoms. The molecule has 0 spiro atoms. The number of thioether (sulfide) groups is 1. The number of hydrogen-bond donors (Lipinski definition) is 1. The summed E-state index contributed by atoms with van der Waals surface area (Å²) in [5.74, 6) is -2.58. The van der Waals surface area contributed by atoms with Crippen LogP contribution in [-0.2, 0) is 16.1 Å². The second-order valence-corrected chi connectivity index (χ2v) is 11.9. The lowest BCUT2D eigenvalue weighted by Gasteiger charge is -2.47. The zero-order valence-electron chi connectivity index (χ0n) is 22.6. The van der Waals surface area contributed by atoms with Crippen molar-refractivity contribution >= 4 is 51.3 Å². The number of imidazole rings is 1. The molecule has 39 heavy (non-hydrogen) atoms. The summed E-state index contributed by atoms with van der Waals surface area (Å²) in [6.45, 7) is 9.37. The van der Waals surface area contributed by atoms with E-state index >= 15 is 0 Å². The Morgan fingerprint density at radius 3 is 2.46 bits per heavy atom. The van der Waals surface area contributed by atoms with Crippen LogP contribution in [0.25, 0.3) is 10.4 Å². The molecule has 0 unspecified atom stereocenters. The van der Waals surface area contributed by atoms with Gasteiger partial charge in [0.2, 0.25) is 15.8 Å². The predicted octanol–water partition coefficient (Wildman–Crippen LogP) is 1.86. The van der Waals surface area contributed by atoms with Gasteiger partial charge in [-0.05, 0) is 44.7 Å². The molecule has 2 aliphatic heterocycles. The zero-order valence-corrected chi connectivity index (χ0v) is 24.2. The van der Waals surface area contributed by atoms with E-state index in [1.54, 1.807) is 23.6 Å². The molecular weight excluding hydrogens is 536 g/mol. The van der Waals surface area contributed by atoms with Crippen molar-refractivity contribution < 1.29 is 29.0 Å². The minimum atomic E-state index is -1.38. The molecule has 1 fully saturated rings. The van der Waals surface area contributed by atoms with E-state index in [1.165, 1.54) is 16.2 Å². The maximum absolute atomic E-state index is 12.7. The number of carboxylic acids is 1. The number of amides is 2. The van der Waals surface area contributed by atoms with Crippen molar-refractivity contribution in [2.24, 2.45) is 11.8 Å². The number of rotatable bonds is 9. The SMILES string of the molecule is CCN(CC)C(=O)c1ccc(Cn2c[n+]3cc(C4=C(C(=O)[O-])N5C(=O)[C@H]([C@@H](C)O)[C@H]5[C@H]4C)sc3c2SC)cc1. The van der Waals surface area contributed by atoms with Gasteiger partial charge in [-0.3, -0.25) is 9.59 Å². The zero-order chi connectivity index (χ0) is 28.2. The molecular formula is C28H32N4O5S2. The lowest BCUT2D eigenvalue weighted by atomic mass is 9.77. The molecule has 1 N–H and O–H groups in total. The molecule has 5 rings (SSSR count). The highest BCUT2D eigenvalue weighted by Crippen LogP contribution is 2.51. The highest BCUT2D eigenvalue weighted by atomic mass is 32.2. The van der Waals surface area contributed by atoms with Gasteiger partial charge in [-0.1, -0.05) is 42.2 Å². The maximum Gasteiger partial charge on any atom is 0.253 e. The number of aliphatic carboxylic acids is 1. The Morgan fingerprint density at radius 2 is 1.90 bits per heavy atom. The van der Waals surface area contributed by atoms with E-state index in [0.29, 0.717) is 30.8 Å². The predicted molar refractivity (Wildman–Crippen MR) is 147 cm³/mol. The average Bonchev–Trinajstić information content (AvgIpc) is 3.51. The van der Waals surface area contributed by atoms with Crippen LogP contribution in [0.3, 0.4) is 0 Å². The Balaban J connectivity index is 1.45. The Hall–Kier alpha value is -3.15. The standard InChI is InChI=1S/C28H32N4O5S2/c1-6-29(7-2)24(34)18-10-8-17(9-11-18)12-30-14-31-13-19(39-27(31)26(30)38-5)20-15(3)22-21(16(4)33)25(35)32(22)23(20)28(36)37/h8-11,13-16,21-22,33H,6-7,12H2,1-5H3/t15-,16+,21+,22+/m0/s1. The number of β-lactam (4-membered cyclic amide) rings is 1. The fourth-order valence-electron chi connectivity index (χ4n) is 5.90. The molecule has 4 heterocycles. The van der Waals surface area contributed by atoms with E-state index < -0.39 is 18.0 Å². The van der Waals surface area contributed by atoms with Gasteiger partial charge in [-0.25, -0.2) is 4.57 Å². The van der Waals surface area contributed by atoms with Gasteiger partial charge in [-0.15, -0.1) is 0 Å². The molecule has 9 nitrogen and oxygen atoms in total. The number of aliphatic hydroxyl groups is 1. The molecule has 4 atom stereocenters. The van der Waals surface area contributed by atoms with Crippen LogP contribution in [0, 0.1) is 11.8 Å². The molecule has 1 saturated heterocycles. The van der Waals surface area contributed by atoms with Crippen LogP contribution in [0.4, 0.5) is 0 Å². The molecule has 2 aliphatic rings. The van der Waals surface area contributed by atoms with Crippen molar-refractivity contribution in [2.75, 3.05) is 19.3 Å². The summed E-state index contributed by atoms with van der Waals surface area (Å²) in [5.41, 5.74) is 2.22. The summed E-state index contributed by atoms with van der Waals surface area (Å²) in [7, 11) is 0. The third kappa shape index (κ3) is 4.36. The Morgan fingerprint density at radius 1 is 1.23 bits per heavy atom. The first-order valence-electron chi connectivity index (χ1n) is 13.1. The van der Waals surface area contributed by atoms with E-state index in [-0.39, 0.29) is 29.5 Å². The van der Waals surface area contributed by atoms with E-state index in [9.17, 15) is 24.6 Å². The van der Waals surface area contributed by atoms with Gasteiger partial charge in [0.1, 0.15) is 12.7 Å². The van der Waals surface area contributed by atoms with Crippen molar-refractivity contribution in [2.45, 2.75) is 51.4 Å². The summed E-state index contributed by atoms with van der Waals surface area (Å²) in [5, 5.41) is 23.3. The fraction of sp³-hybridized carbons (Fsp3) is 0.429. The molecule has 0 saturated carbocycles. The summed E-state index contributed by atoms with van der Waals surface area (Å²) in [4.78, 5) is 42.3. The number of carboxylic acid groups (broad SMARTS) is 1. The Kier molecular flexibility index (Phi) is 7.34. The number of fused-ring (bicyclic) bond motifs is 2. The molecule has 2 aromatic heterocycles. The van der Waals surface area contributed by atoms with Crippen molar-refractivity contribution in [1.82, 2.24) is 14.4 Å². The smallest absolute Gasteiger partial charge is 0.253 e. The molecule has 206 valence electrons. The van der Waals surface area contributed by atoms with E-state index in [4.69, 9.17) is 0 Å². The molecule has 0 radical (unpaired) electrons. The number of aromatic nitrogens is 2. The number of carbonyl (C=O) groups excluding carboxylic acids is 3. The van der Waals surface area contributed by atoms with Crippen LogP contribution in [0.5, 0.6) is 0 Å². The number of benzene rings is 1. The third-order valence-electron chi connectivity index (χ3n) is 7.83. The molecule has 0 bridgehead atoms. The van der Waals surface area contributed by atoms with Crippen LogP contribution in [0.2, 0.25) is 0 Å². The normalized spacial score (nSPS) is 21.3. The number of hydrogen-bond acceptors (Lipinski definition) is 7. The van der Waals surface area contributed by atoms with Gasteiger partial charge < -0.3 is 24.8 Å². The summed E-state index contributed by atoms with van der Waals surface area (Å²) >= 11 is 3.08. The summed E-state index contributed by atoms with van der Waals surface area (Å²) < 4.78 is 4.12. The molecule has 3 aromatic rings. The number of thiazole rings is 1. The Bertz CT molecular complexity index is 1490. The van der Waals surface area contributed by atoms with Crippen LogP contribution in [-0.4, -0.2) is 68.7 Å². The quantitative estimate of drug-likeness (QED) is 0.240. The van der Waals surface area contributed by atoms with E-state index in [2.05, 4.69) is 4.57 Å². The largest absolute Gasteiger partial charge is 0.543 e. The number of aliphatic hydroxyl groups excluding tert-OH is 1. The summed E-state index contributed by atoms with van der Waals surface area (Å²) in [6, 6.07) is 7.30. The first kappa shape index (κ1) is 27.4. The minimum absolute atomic E-state index is 0.0264. The topological polar surface area (TPSA) is 110 Å². The van der Waals surface area contributed by atoms with Gasteiger partial charge in [0.05, 0.1) is 34.6 Å². The highest BCUT2D eigenvalue weighted by molar-refractivity contribution is 7.98. The van der Waals surface area contributed by atoms with Gasteiger partial charge in [0.25, 0.3) is 12.2 Å². The van der Waals surface area contributed by atoms with Gasteiger partial charge in [-0.2, -0.15) is 4.40 Å². The average molecular weight is 569 g/mol. The van der Waals surface area contributed by atoms with Crippen molar-refractivity contribution in [3.63, 3.8) is 0 Å².